The summed E-state index contributed by atoms with van der Waals surface area (Å²) in [7, 11) is 1.56. The third-order valence-electron chi connectivity index (χ3n) is 4.74. The molecule has 0 aromatic heterocycles. The van der Waals surface area contributed by atoms with Crippen LogP contribution in [0.4, 0.5) is 5.69 Å². The highest BCUT2D eigenvalue weighted by atomic mass is 79.9. The number of hydrogen-bond acceptors (Lipinski definition) is 4. The molecule has 162 valence electrons. The minimum absolute atomic E-state index is 0.0692. The van der Waals surface area contributed by atoms with Crippen molar-refractivity contribution in [3.05, 3.63) is 92.4 Å². The average molecular weight is 512 g/mol. The van der Waals surface area contributed by atoms with Gasteiger partial charge < -0.3 is 14.8 Å². The number of carbonyl (C=O) groups is 1. The summed E-state index contributed by atoms with van der Waals surface area (Å²) < 4.78 is 12.2. The monoisotopic (exact) mass is 510 g/mol. The van der Waals surface area contributed by atoms with Crippen LogP contribution in [0.3, 0.4) is 0 Å². The van der Waals surface area contributed by atoms with E-state index in [4.69, 9.17) is 21.1 Å². The van der Waals surface area contributed by atoms with E-state index in [-0.39, 0.29) is 5.57 Å². The number of rotatable bonds is 7. The number of hydrogen-bond donors (Lipinski definition) is 1. The van der Waals surface area contributed by atoms with E-state index in [1.54, 1.807) is 50.4 Å². The fourth-order valence-electron chi connectivity index (χ4n) is 2.89. The van der Waals surface area contributed by atoms with Crippen molar-refractivity contribution in [2.45, 2.75) is 13.5 Å². The van der Waals surface area contributed by atoms with Crippen LogP contribution in [0, 0.1) is 18.3 Å². The molecule has 0 saturated heterocycles. The zero-order valence-corrected chi connectivity index (χ0v) is 19.8. The maximum Gasteiger partial charge on any atom is 0.266 e. The quantitative estimate of drug-likeness (QED) is 0.289. The molecule has 0 saturated carbocycles. The van der Waals surface area contributed by atoms with Gasteiger partial charge in [0.25, 0.3) is 5.91 Å². The van der Waals surface area contributed by atoms with E-state index in [0.29, 0.717) is 34.4 Å². The molecule has 3 aromatic carbocycles. The highest BCUT2D eigenvalue weighted by Gasteiger charge is 2.14. The molecule has 32 heavy (non-hydrogen) atoms. The number of nitriles is 1. The molecular formula is C25H20BrClN2O3. The number of nitrogens with zero attached hydrogens (tertiary/aromatic N) is 1. The molecule has 3 rings (SSSR count). The lowest BCUT2D eigenvalue weighted by molar-refractivity contribution is -0.112. The van der Waals surface area contributed by atoms with Crippen LogP contribution in [0.5, 0.6) is 11.5 Å². The van der Waals surface area contributed by atoms with Crippen molar-refractivity contribution >= 4 is 45.2 Å². The Morgan fingerprint density at radius 2 is 1.97 bits per heavy atom. The van der Waals surface area contributed by atoms with Gasteiger partial charge in [-0.25, -0.2) is 0 Å². The third kappa shape index (κ3) is 5.70. The highest BCUT2D eigenvalue weighted by Crippen LogP contribution is 2.29. The molecule has 0 fully saturated rings. The number of carbonyl (C=O) groups excluding carboxylic acids is 1. The van der Waals surface area contributed by atoms with Gasteiger partial charge in [-0.15, -0.1) is 0 Å². The van der Waals surface area contributed by atoms with Crippen LogP contribution >= 0.6 is 27.5 Å². The first kappa shape index (κ1) is 23.4. The number of methoxy groups -OCH3 is 1. The number of anilines is 1. The summed E-state index contributed by atoms with van der Waals surface area (Å²) in [6.45, 7) is 2.09. The first-order valence-corrected chi connectivity index (χ1v) is 10.8. The molecule has 0 atom stereocenters. The van der Waals surface area contributed by atoms with Crippen LogP contribution in [0.2, 0.25) is 5.02 Å². The Labute approximate surface area is 200 Å². The van der Waals surface area contributed by atoms with Crippen LogP contribution in [0.25, 0.3) is 6.08 Å². The van der Waals surface area contributed by atoms with Crippen LogP contribution in [-0.2, 0) is 11.4 Å². The van der Waals surface area contributed by atoms with Crippen molar-refractivity contribution < 1.29 is 14.3 Å². The van der Waals surface area contributed by atoms with Gasteiger partial charge in [-0.2, -0.15) is 5.26 Å². The predicted molar refractivity (Wildman–Crippen MR) is 130 cm³/mol. The molecule has 3 aromatic rings. The lowest BCUT2D eigenvalue weighted by Crippen LogP contribution is -2.14. The molecule has 0 aliphatic heterocycles. The molecule has 0 aliphatic rings. The minimum Gasteiger partial charge on any atom is -0.497 e. The zero-order chi connectivity index (χ0) is 23.1. The fourth-order valence-corrected chi connectivity index (χ4v) is 3.47. The summed E-state index contributed by atoms with van der Waals surface area (Å²) in [4.78, 5) is 12.8. The van der Waals surface area contributed by atoms with Gasteiger partial charge in [-0.05, 0) is 48.9 Å². The Morgan fingerprint density at radius 3 is 2.69 bits per heavy atom. The molecule has 0 spiro atoms. The predicted octanol–water partition coefficient (Wildman–Crippen LogP) is 6.54. The smallest absolute Gasteiger partial charge is 0.266 e. The van der Waals surface area contributed by atoms with Gasteiger partial charge in [0.2, 0.25) is 0 Å². The summed E-state index contributed by atoms with van der Waals surface area (Å²) in [5, 5.41) is 12.9. The van der Waals surface area contributed by atoms with Crippen molar-refractivity contribution in [3.63, 3.8) is 0 Å². The largest absolute Gasteiger partial charge is 0.497 e. The van der Waals surface area contributed by atoms with Crippen molar-refractivity contribution in [2.24, 2.45) is 0 Å². The first-order chi connectivity index (χ1) is 15.4. The number of halogens is 2. The van der Waals surface area contributed by atoms with Gasteiger partial charge in [-0.3, -0.25) is 4.79 Å². The molecule has 7 heteroatoms. The second kappa shape index (κ2) is 10.9. The van der Waals surface area contributed by atoms with E-state index >= 15 is 0 Å². The SMILES string of the molecule is COc1ccc(/C=C(\C#N)C(=O)Nc2cccc(Cl)c2C)c(OCc2ccccc2Br)c1. The molecule has 0 radical (unpaired) electrons. The van der Waals surface area contributed by atoms with Crippen molar-refractivity contribution in [3.8, 4) is 17.6 Å². The molecule has 0 aliphatic carbocycles. The molecule has 0 unspecified atom stereocenters. The third-order valence-corrected chi connectivity index (χ3v) is 5.93. The topological polar surface area (TPSA) is 71.3 Å². The second-order valence-corrected chi connectivity index (χ2v) is 8.08. The van der Waals surface area contributed by atoms with Gasteiger partial charge in [-0.1, -0.05) is 51.8 Å². The summed E-state index contributed by atoms with van der Waals surface area (Å²) in [6, 6.07) is 20.1. The number of benzene rings is 3. The van der Waals surface area contributed by atoms with Gasteiger partial charge in [0.1, 0.15) is 29.7 Å². The Bertz CT molecular complexity index is 1220. The number of nitrogens with one attached hydrogen (secondary N) is 1. The standard InChI is InChI=1S/C25H20BrClN2O3/c1-16-22(27)8-5-9-23(16)29-25(30)19(14-28)12-17-10-11-20(31-2)13-24(17)32-15-18-6-3-4-7-21(18)26/h3-13H,15H2,1-2H3,(H,29,30)/b19-12+. The molecule has 1 N–H and O–H groups in total. The van der Waals surface area contributed by atoms with E-state index in [0.717, 1.165) is 15.6 Å². The maximum absolute atomic E-state index is 12.8. The van der Waals surface area contributed by atoms with E-state index < -0.39 is 5.91 Å². The van der Waals surface area contributed by atoms with E-state index in [1.165, 1.54) is 6.08 Å². The summed E-state index contributed by atoms with van der Waals surface area (Å²) in [6.07, 6.45) is 1.49. The Balaban J connectivity index is 1.89. The van der Waals surface area contributed by atoms with E-state index in [9.17, 15) is 10.1 Å². The maximum atomic E-state index is 12.8. The fraction of sp³-hybridized carbons (Fsp3) is 0.120. The van der Waals surface area contributed by atoms with Crippen LogP contribution < -0.4 is 14.8 Å². The van der Waals surface area contributed by atoms with Crippen LogP contribution in [-0.4, -0.2) is 13.0 Å². The van der Waals surface area contributed by atoms with Crippen LogP contribution in [0.1, 0.15) is 16.7 Å². The minimum atomic E-state index is -0.537. The van der Waals surface area contributed by atoms with Gasteiger partial charge in [0.05, 0.1) is 7.11 Å². The van der Waals surface area contributed by atoms with Crippen LogP contribution in [0.15, 0.2) is 70.7 Å². The first-order valence-electron chi connectivity index (χ1n) is 9.65. The average Bonchev–Trinajstić information content (AvgIpc) is 2.80. The Kier molecular flexibility index (Phi) is 7.93. The Hall–Kier alpha value is -3.27. The lowest BCUT2D eigenvalue weighted by atomic mass is 10.1. The molecule has 0 heterocycles. The van der Waals surface area contributed by atoms with E-state index in [1.807, 2.05) is 30.3 Å². The summed E-state index contributed by atoms with van der Waals surface area (Å²) in [5.41, 5.74) is 2.73. The lowest BCUT2D eigenvalue weighted by Gasteiger charge is -2.13. The summed E-state index contributed by atoms with van der Waals surface area (Å²) in [5.74, 6) is 0.548. The van der Waals surface area contributed by atoms with Gasteiger partial charge in [0, 0.05) is 32.4 Å². The van der Waals surface area contributed by atoms with Gasteiger partial charge >= 0.3 is 0 Å². The second-order valence-electron chi connectivity index (χ2n) is 6.82. The van der Waals surface area contributed by atoms with Crippen molar-refractivity contribution in [1.29, 1.82) is 5.26 Å². The van der Waals surface area contributed by atoms with Crippen molar-refractivity contribution in [1.82, 2.24) is 0 Å². The number of ether oxygens (including phenoxy) is 2. The highest BCUT2D eigenvalue weighted by molar-refractivity contribution is 9.10. The molecular weight excluding hydrogens is 492 g/mol. The van der Waals surface area contributed by atoms with Gasteiger partial charge in [0.15, 0.2) is 0 Å². The molecule has 5 nitrogen and oxygen atoms in total. The zero-order valence-electron chi connectivity index (χ0n) is 17.5. The summed E-state index contributed by atoms with van der Waals surface area (Å²) >= 11 is 9.63. The van der Waals surface area contributed by atoms with E-state index in [2.05, 4.69) is 21.2 Å². The molecule has 0 bridgehead atoms. The normalized spacial score (nSPS) is 10.9. The van der Waals surface area contributed by atoms with Crippen molar-refractivity contribution in [2.75, 3.05) is 12.4 Å². The molecule has 1 amide bonds. The Morgan fingerprint density at radius 1 is 1.19 bits per heavy atom. The number of amides is 1.